The van der Waals surface area contributed by atoms with Crippen LogP contribution in [0.3, 0.4) is 0 Å². The first-order valence-electron chi connectivity index (χ1n) is 6.00. The van der Waals surface area contributed by atoms with Crippen LogP contribution in [0.4, 0.5) is 4.79 Å². The molecule has 3 amide bonds. The smallest absolute Gasteiger partial charge is 0.337 e. The Kier molecular flexibility index (Phi) is 5.13. The fourth-order valence-electron chi connectivity index (χ4n) is 1.48. The molecule has 1 aromatic heterocycles. The summed E-state index contributed by atoms with van der Waals surface area (Å²) in [6.07, 6.45) is 1.31. The van der Waals surface area contributed by atoms with Crippen molar-refractivity contribution in [2.24, 2.45) is 0 Å². The van der Waals surface area contributed by atoms with Gasteiger partial charge in [-0.2, -0.15) is 0 Å². The Morgan fingerprint density at radius 1 is 1.35 bits per heavy atom. The largest absolute Gasteiger partial charge is 0.479 e. The van der Waals surface area contributed by atoms with Gasteiger partial charge in [-0.3, -0.25) is 4.79 Å². The summed E-state index contributed by atoms with van der Waals surface area (Å²) in [5, 5.41) is 16.3. The van der Waals surface area contributed by atoms with Gasteiger partial charge in [-0.05, 0) is 26.0 Å². The Labute approximate surface area is 115 Å². The molecule has 0 radical (unpaired) electrons. The van der Waals surface area contributed by atoms with E-state index in [1.807, 2.05) is 0 Å². The SMILES string of the molecule is CCNC(=O)CNC(=O)NC(C)(C(=O)O)c1ccco1. The van der Waals surface area contributed by atoms with Gasteiger partial charge >= 0.3 is 12.0 Å². The van der Waals surface area contributed by atoms with Crippen molar-refractivity contribution in [3.63, 3.8) is 0 Å². The molecule has 4 N–H and O–H groups in total. The highest BCUT2D eigenvalue weighted by Gasteiger charge is 2.39. The fourth-order valence-corrected chi connectivity index (χ4v) is 1.48. The summed E-state index contributed by atoms with van der Waals surface area (Å²) >= 11 is 0. The molecule has 1 rings (SSSR count). The van der Waals surface area contributed by atoms with E-state index in [1.165, 1.54) is 25.3 Å². The fraction of sp³-hybridized carbons (Fsp3) is 0.417. The van der Waals surface area contributed by atoms with Crippen molar-refractivity contribution in [3.8, 4) is 0 Å². The molecule has 0 aliphatic rings. The van der Waals surface area contributed by atoms with Gasteiger partial charge in [-0.15, -0.1) is 0 Å². The second-order valence-corrected chi connectivity index (χ2v) is 4.17. The summed E-state index contributed by atoms with van der Waals surface area (Å²) in [6, 6.07) is 2.18. The van der Waals surface area contributed by atoms with Gasteiger partial charge in [-0.25, -0.2) is 9.59 Å². The van der Waals surface area contributed by atoms with Crippen molar-refractivity contribution < 1.29 is 23.9 Å². The van der Waals surface area contributed by atoms with Gasteiger partial charge in [0.1, 0.15) is 5.76 Å². The molecule has 0 saturated carbocycles. The zero-order valence-electron chi connectivity index (χ0n) is 11.2. The molecular weight excluding hydrogens is 266 g/mol. The number of carbonyl (C=O) groups is 3. The van der Waals surface area contributed by atoms with E-state index < -0.39 is 17.5 Å². The maximum absolute atomic E-state index is 11.7. The van der Waals surface area contributed by atoms with E-state index in [-0.39, 0.29) is 18.2 Å². The Balaban J connectivity index is 2.66. The number of urea groups is 1. The monoisotopic (exact) mass is 283 g/mol. The maximum Gasteiger partial charge on any atom is 0.337 e. The van der Waals surface area contributed by atoms with Crippen LogP contribution in [0.15, 0.2) is 22.8 Å². The van der Waals surface area contributed by atoms with Gasteiger partial charge < -0.3 is 25.5 Å². The first-order valence-corrected chi connectivity index (χ1v) is 6.00. The van der Waals surface area contributed by atoms with E-state index >= 15 is 0 Å². The van der Waals surface area contributed by atoms with Crippen LogP contribution in [-0.4, -0.2) is 36.1 Å². The minimum absolute atomic E-state index is 0.0816. The van der Waals surface area contributed by atoms with E-state index in [1.54, 1.807) is 6.92 Å². The van der Waals surface area contributed by atoms with Crippen LogP contribution >= 0.6 is 0 Å². The van der Waals surface area contributed by atoms with Crippen molar-refractivity contribution in [2.75, 3.05) is 13.1 Å². The number of likely N-dealkylation sites (N-methyl/N-ethyl adjacent to an activating group) is 1. The second-order valence-electron chi connectivity index (χ2n) is 4.17. The van der Waals surface area contributed by atoms with E-state index in [4.69, 9.17) is 4.42 Å². The molecule has 0 aromatic carbocycles. The molecule has 1 atom stereocenters. The van der Waals surface area contributed by atoms with E-state index in [0.29, 0.717) is 6.54 Å². The molecule has 8 heteroatoms. The lowest BCUT2D eigenvalue weighted by atomic mass is 9.99. The van der Waals surface area contributed by atoms with Gasteiger partial charge in [0.15, 0.2) is 5.54 Å². The zero-order valence-corrected chi connectivity index (χ0v) is 11.2. The highest BCUT2D eigenvalue weighted by atomic mass is 16.4. The number of carboxylic acids is 1. The normalized spacial score (nSPS) is 13.1. The number of furan rings is 1. The quantitative estimate of drug-likeness (QED) is 0.586. The van der Waals surface area contributed by atoms with Crippen molar-refractivity contribution in [2.45, 2.75) is 19.4 Å². The number of rotatable bonds is 6. The Morgan fingerprint density at radius 2 is 2.05 bits per heavy atom. The van der Waals surface area contributed by atoms with Crippen molar-refractivity contribution in [3.05, 3.63) is 24.2 Å². The predicted molar refractivity (Wildman–Crippen MR) is 68.9 cm³/mol. The van der Waals surface area contributed by atoms with Crippen LogP contribution in [0, 0.1) is 0 Å². The van der Waals surface area contributed by atoms with Gasteiger partial charge in [0.2, 0.25) is 5.91 Å². The zero-order chi connectivity index (χ0) is 15.2. The lowest BCUT2D eigenvalue weighted by molar-refractivity contribution is -0.144. The highest BCUT2D eigenvalue weighted by molar-refractivity contribution is 5.88. The molecule has 1 unspecified atom stereocenters. The van der Waals surface area contributed by atoms with Gasteiger partial charge in [0.05, 0.1) is 12.8 Å². The number of aliphatic carboxylic acids is 1. The van der Waals surface area contributed by atoms with Crippen LogP contribution in [0.25, 0.3) is 0 Å². The molecule has 0 aliphatic carbocycles. The number of hydrogen-bond acceptors (Lipinski definition) is 4. The Bertz CT molecular complexity index is 485. The van der Waals surface area contributed by atoms with Crippen LogP contribution in [0.2, 0.25) is 0 Å². The minimum atomic E-state index is -1.71. The maximum atomic E-state index is 11.7. The van der Waals surface area contributed by atoms with Crippen molar-refractivity contribution >= 4 is 17.9 Å². The topological polar surface area (TPSA) is 121 Å². The van der Waals surface area contributed by atoms with E-state index in [9.17, 15) is 19.5 Å². The lowest BCUT2D eigenvalue weighted by Gasteiger charge is -2.24. The number of nitrogens with one attached hydrogen (secondary N) is 3. The molecule has 0 fully saturated rings. The molecule has 8 nitrogen and oxygen atoms in total. The van der Waals surface area contributed by atoms with Gasteiger partial charge in [-0.1, -0.05) is 0 Å². The molecule has 0 saturated heterocycles. The second kappa shape index (κ2) is 6.60. The molecule has 0 aliphatic heterocycles. The minimum Gasteiger partial charge on any atom is -0.479 e. The van der Waals surface area contributed by atoms with E-state index in [0.717, 1.165) is 0 Å². The average molecular weight is 283 g/mol. The molecule has 1 heterocycles. The van der Waals surface area contributed by atoms with Crippen LogP contribution < -0.4 is 16.0 Å². The summed E-state index contributed by atoms with van der Waals surface area (Å²) in [4.78, 5) is 34.2. The highest BCUT2D eigenvalue weighted by Crippen LogP contribution is 2.21. The third-order valence-corrected chi connectivity index (χ3v) is 2.59. The molecule has 20 heavy (non-hydrogen) atoms. The summed E-state index contributed by atoms with van der Waals surface area (Å²) < 4.78 is 5.02. The van der Waals surface area contributed by atoms with E-state index in [2.05, 4.69) is 16.0 Å². The summed E-state index contributed by atoms with van der Waals surface area (Å²) in [5.41, 5.74) is -1.71. The van der Waals surface area contributed by atoms with Crippen LogP contribution in [0.1, 0.15) is 19.6 Å². The standard InChI is InChI=1S/C12H17N3O5/c1-3-13-9(16)7-14-11(19)15-12(2,10(17)18)8-5-4-6-20-8/h4-6H,3,7H2,1-2H3,(H,13,16)(H,17,18)(H2,14,15,19). The molecule has 0 bridgehead atoms. The Morgan fingerprint density at radius 3 is 2.55 bits per heavy atom. The number of carboxylic acid groups (broad SMARTS) is 1. The van der Waals surface area contributed by atoms with Crippen molar-refractivity contribution in [1.29, 1.82) is 0 Å². The first kappa shape index (κ1) is 15.5. The number of hydrogen-bond donors (Lipinski definition) is 4. The van der Waals surface area contributed by atoms with Gasteiger partial charge in [0, 0.05) is 6.54 Å². The third kappa shape index (κ3) is 3.74. The summed E-state index contributed by atoms with van der Waals surface area (Å²) in [7, 11) is 0. The molecule has 110 valence electrons. The number of amides is 3. The van der Waals surface area contributed by atoms with Crippen LogP contribution in [0.5, 0.6) is 0 Å². The molecular formula is C12H17N3O5. The summed E-state index contributed by atoms with van der Waals surface area (Å²) in [5.74, 6) is -1.56. The Hall–Kier alpha value is -2.51. The summed E-state index contributed by atoms with van der Waals surface area (Å²) in [6.45, 7) is 3.24. The lowest BCUT2D eigenvalue weighted by Crippen LogP contribution is -2.53. The first-order chi connectivity index (χ1) is 9.40. The molecule has 1 aromatic rings. The van der Waals surface area contributed by atoms with Gasteiger partial charge in [0.25, 0.3) is 0 Å². The predicted octanol–water partition coefficient (Wildman–Crippen LogP) is 0.0147. The molecule has 0 spiro atoms. The van der Waals surface area contributed by atoms with Crippen LogP contribution in [-0.2, 0) is 15.1 Å². The number of carbonyl (C=O) groups excluding carboxylic acids is 2. The average Bonchev–Trinajstić information content (AvgIpc) is 2.90. The third-order valence-electron chi connectivity index (χ3n) is 2.59. The van der Waals surface area contributed by atoms with Crippen molar-refractivity contribution in [1.82, 2.24) is 16.0 Å².